The van der Waals surface area contributed by atoms with Gasteiger partial charge in [-0.1, -0.05) is 0 Å². The van der Waals surface area contributed by atoms with E-state index in [-0.39, 0.29) is 23.8 Å². The zero-order valence-corrected chi connectivity index (χ0v) is 11.0. The molecule has 1 unspecified atom stereocenters. The Labute approximate surface area is 97.9 Å². The van der Waals surface area contributed by atoms with Crippen LogP contribution < -0.4 is 10.9 Å². The first kappa shape index (κ1) is 12.0. The maximum absolute atomic E-state index is 6.03. The molecule has 0 amide bonds. The van der Waals surface area contributed by atoms with Gasteiger partial charge in [0.1, 0.15) is 0 Å². The van der Waals surface area contributed by atoms with Crippen LogP contribution in [0.3, 0.4) is 0 Å². The van der Waals surface area contributed by atoms with Crippen LogP contribution in [0.2, 0.25) is 0 Å². The lowest BCUT2D eigenvalue weighted by atomic mass is 9.66. The van der Waals surface area contributed by atoms with Gasteiger partial charge in [-0.15, -0.1) is 0 Å². The highest BCUT2D eigenvalue weighted by Crippen LogP contribution is 2.40. The third-order valence-electron chi connectivity index (χ3n) is 3.79. The molecular formula is C11H21BN2O2. The maximum atomic E-state index is 6.03. The van der Waals surface area contributed by atoms with Gasteiger partial charge in [0.05, 0.1) is 16.6 Å². The van der Waals surface area contributed by atoms with E-state index in [0.29, 0.717) is 0 Å². The number of hydrogen-bond donors (Lipinski definition) is 2. The quantitative estimate of drug-likeness (QED) is 0.660. The summed E-state index contributed by atoms with van der Waals surface area (Å²) in [5.74, 6) is 0. The van der Waals surface area contributed by atoms with E-state index in [4.69, 9.17) is 9.31 Å². The van der Waals surface area contributed by atoms with E-state index in [1.165, 1.54) is 0 Å². The fraction of sp³-hybridized carbons (Fsp3) is 0.818. The molecule has 1 fully saturated rings. The lowest BCUT2D eigenvalue weighted by Gasteiger charge is -2.32. The van der Waals surface area contributed by atoms with Gasteiger partial charge in [-0.05, 0) is 47.6 Å². The van der Waals surface area contributed by atoms with Crippen molar-refractivity contribution in [3.63, 3.8) is 0 Å². The van der Waals surface area contributed by atoms with Crippen LogP contribution in [0.4, 0.5) is 0 Å². The molecule has 0 bridgehead atoms. The molecule has 0 aliphatic carbocycles. The topological polar surface area (TPSA) is 42.5 Å². The molecule has 2 aliphatic rings. The average Bonchev–Trinajstić information content (AvgIpc) is 2.54. The van der Waals surface area contributed by atoms with Gasteiger partial charge in [0, 0.05) is 5.70 Å². The van der Waals surface area contributed by atoms with Gasteiger partial charge in [-0.2, -0.15) is 0 Å². The molecule has 5 heteroatoms. The van der Waals surface area contributed by atoms with Crippen molar-refractivity contribution in [2.24, 2.45) is 0 Å². The van der Waals surface area contributed by atoms with E-state index < -0.39 is 0 Å². The van der Waals surface area contributed by atoms with Crippen molar-refractivity contribution in [1.29, 1.82) is 0 Å². The lowest BCUT2D eigenvalue weighted by Crippen LogP contribution is -2.55. The molecule has 0 aromatic carbocycles. The fourth-order valence-corrected chi connectivity index (χ4v) is 1.97. The second kappa shape index (κ2) is 3.25. The van der Waals surface area contributed by atoms with Gasteiger partial charge in [-0.25, -0.2) is 5.43 Å². The van der Waals surface area contributed by atoms with Crippen LogP contribution in [0.5, 0.6) is 0 Å². The Morgan fingerprint density at radius 3 is 1.94 bits per heavy atom. The van der Waals surface area contributed by atoms with Gasteiger partial charge in [0.2, 0.25) is 0 Å². The SMILES string of the molecule is CC1=CC(C)(B2OC(C)(C)C(C)(C)O2)NN1. The monoisotopic (exact) mass is 224 g/mol. The van der Waals surface area contributed by atoms with Crippen molar-refractivity contribution >= 4 is 7.12 Å². The van der Waals surface area contributed by atoms with E-state index in [1.807, 2.05) is 6.92 Å². The number of rotatable bonds is 1. The fourth-order valence-electron chi connectivity index (χ4n) is 1.97. The van der Waals surface area contributed by atoms with E-state index in [1.54, 1.807) is 0 Å². The van der Waals surface area contributed by atoms with Gasteiger partial charge in [-0.3, -0.25) is 0 Å². The van der Waals surface area contributed by atoms with Crippen LogP contribution >= 0.6 is 0 Å². The molecule has 0 aromatic heterocycles. The van der Waals surface area contributed by atoms with Crippen LogP contribution in [-0.4, -0.2) is 23.8 Å². The second-order valence-electron chi connectivity index (χ2n) is 5.95. The first-order valence-electron chi connectivity index (χ1n) is 5.75. The minimum Gasteiger partial charge on any atom is -0.402 e. The highest BCUT2D eigenvalue weighted by atomic mass is 16.7. The minimum absolute atomic E-state index is 0.276. The molecule has 0 radical (unpaired) electrons. The van der Waals surface area contributed by atoms with Crippen molar-refractivity contribution < 1.29 is 9.31 Å². The maximum Gasteiger partial charge on any atom is 0.485 e. The minimum atomic E-state index is -0.310. The summed E-state index contributed by atoms with van der Waals surface area (Å²) in [6, 6.07) is 0. The van der Waals surface area contributed by atoms with E-state index in [0.717, 1.165) is 5.70 Å². The Bertz CT molecular complexity index is 325. The molecule has 1 atom stereocenters. The van der Waals surface area contributed by atoms with Crippen LogP contribution in [0.1, 0.15) is 41.5 Å². The van der Waals surface area contributed by atoms with Crippen molar-refractivity contribution in [3.8, 4) is 0 Å². The van der Waals surface area contributed by atoms with Gasteiger partial charge in [0.15, 0.2) is 0 Å². The Kier molecular flexibility index (Phi) is 2.43. The third kappa shape index (κ3) is 1.67. The van der Waals surface area contributed by atoms with E-state index in [2.05, 4.69) is 51.5 Å². The Balaban J connectivity index is 2.21. The standard InChI is InChI=1S/C11H21BN2O2/c1-8-7-11(6,14-13-8)12-15-9(2,3)10(4,5)16-12/h7,13-14H,1-6H3. The second-order valence-corrected chi connectivity index (χ2v) is 5.95. The molecule has 4 nitrogen and oxygen atoms in total. The summed E-state index contributed by atoms with van der Waals surface area (Å²) < 4.78 is 12.1. The van der Waals surface area contributed by atoms with Crippen molar-refractivity contribution in [2.75, 3.05) is 0 Å². The van der Waals surface area contributed by atoms with E-state index >= 15 is 0 Å². The number of allylic oxidation sites excluding steroid dienone is 1. The van der Waals surface area contributed by atoms with E-state index in [9.17, 15) is 0 Å². The zero-order chi connectivity index (χ0) is 12.2. The number of nitrogens with one attached hydrogen (secondary N) is 2. The highest BCUT2D eigenvalue weighted by molar-refractivity contribution is 6.50. The molecule has 90 valence electrons. The summed E-state index contributed by atoms with van der Waals surface area (Å²) in [7, 11) is -0.276. The molecule has 2 rings (SSSR count). The predicted octanol–water partition coefficient (Wildman–Crippen LogP) is 1.39. The number of hydrazine groups is 1. The molecule has 2 aliphatic heterocycles. The molecule has 0 spiro atoms. The Morgan fingerprint density at radius 2 is 1.56 bits per heavy atom. The van der Waals surface area contributed by atoms with Crippen molar-refractivity contribution in [2.45, 2.75) is 58.2 Å². The normalized spacial score (nSPS) is 36.1. The molecule has 2 heterocycles. The molecule has 16 heavy (non-hydrogen) atoms. The zero-order valence-electron chi connectivity index (χ0n) is 11.0. The number of hydrogen-bond acceptors (Lipinski definition) is 4. The Hall–Kier alpha value is -0.515. The van der Waals surface area contributed by atoms with Gasteiger partial charge < -0.3 is 14.7 Å². The summed E-state index contributed by atoms with van der Waals surface area (Å²) in [6.07, 6.45) is 2.11. The third-order valence-corrected chi connectivity index (χ3v) is 3.79. The summed E-state index contributed by atoms with van der Waals surface area (Å²) in [6.45, 7) is 12.3. The summed E-state index contributed by atoms with van der Waals surface area (Å²) in [4.78, 5) is 0. The first-order chi connectivity index (χ1) is 7.16. The Morgan fingerprint density at radius 1 is 1.06 bits per heavy atom. The smallest absolute Gasteiger partial charge is 0.402 e. The molecular weight excluding hydrogens is 203 g/mol. The molecule has 0 saturated carbocycles. The predicted molar refractivity (Wildman–Crippen MR) is 64.5 cm³/mol. The largest absolute Gasteiger partial charge is 0.485 e. The molecule has 2 N–H and O–H groups in total. The molecule has 1 saturated heterocycles. The summed E-state index contributed by atoms with van der Waals surface area (Å²) in [5, 5.41) is 0. The average molecular weight is 224 g/mol. The first-order valence-corrected chi connectivity index (χ1v) is 5.75. The van der Waals surface area contributed by atoms with Crippen LogP contribution in [0.25, 0.3) is 0 Å². The summed E-state index contributed by atoms with van der Waals surface area (Å²) in [5.41, 5.74) is 6.51. The highest BCUT2D eigenvalue weighted by Gasteiger charge is 2.58. The van der Waals surface area contributed by atoms with Crippen LogP contribution in [0.15, 0.2) is 11.8 Å². The van der Waals surface area contributed by atoms with Crippen LogP contribution in [-0.2, 0) is 9.31 Å². The van der Waals surface area contributed by atoms with Gasteiger partial charge in [0.25, 0.3) is 0 Å². The van der Waals surface area contributed by atoms with Crippen LogP contribution in [0, 0.1) is 0 Å². The van der Waals surface area contributed by atoms with Crippen molar-refractivity contribution in [3.05, 3.63) is 11.8 Å². The van der Waals surface area contributed by atoms with Crippen molar-refractivity contribution in [1.82, 2.24) is 10.9 Å². The molecule has 0 aromatic rings. The lowest BCUT2D eigenvalue weighted by molar-refractivity contribution is 0.00578. The summed E-state index contributed by atoms with van der Waals surface area (Å²) >= 11 is 0. The van der Waals surface area contributed by atoms with Gasteiger partial charge >= 0.3 is 7.12 Å².